The highest BCUT2D eigenvalue weighted by Crippen LogP contribution is 2.25. The van der Waals surface area contributed by atoms with E-state index in [-0.39, 0.29) is 18.0 Å². The normalized spacial score (nSPS) is 12.2. The summed E-state index contributed by atoms with van der Waals surface area (Å²) in [6.45, 7) is 3.41. The van der Waals surface area contributed by atoms with Crippen LogP contribution >= 0.6 is 0 Å². The van der Waals surface area contributed by atoms with Gasteiger partial charge in [-0.15, -0.1) is 0 Å². The second-order valence-electron chi connectivity index (χ2n) is 6.82. The summed E-state index contributed by atoms with van der Waals surface area (Å²) in [5, 5.41) is 14.3. The third kappa shape index (κ3) is 2.40. The highest BCUT2D eigenvalue weighted by Gasteiger charge is 2.22. The van der Waals surface area contributed by atoms with Gasteiger partial charge >= 0.3 is 0 Å². The van der Waals surface area contributed by atoms with Crippen LogP contribution in [-0.2, 0) is 5.54 Å². The smallest absolute Gasteiger partial charge is 0.262 e. The van der Waals surface area contributed by atoms with Gasteiger partial charge in [0.15, 0.2) is 5.65 Å². The molecule has 3 heterocycles. The molecule has 0 fully saturated rings. The van der Waals surface area contributed by atoms with Crippen molar-refractivity contribution in [3.63, 3.8) is 0 Å². The Balaban J connectivity index is 1.96. The minimum Gasteiger partial charge on any atom is -0.394 e. The van der Waals surface area contributed by atoms with Crippen molar-refractivity contribution in [1.29, 1.82) is 0 Å². The van der Waals surface area contributed by atoms with Crippen molar-refractivity contribution in [3.05, 3.63) is 65.1 Å². The molecule has 0 spiro atoms. The second kappa shape index (κ2) is 5.74. The van der Waals surface area contributed by atoms with E-state index < -0.39 is 5.54 Å². The van der Waals surface area contributed by atoms with E-state index in [2.05, 4.69) is 10.1 Å². The zero-order valence-corrected chi connectivity index (χ0v) is 14.3. The molecule has 4 aromatic rings. The summed E-state index contributed by atoms with van der Waals surface area (Å²) in [6.07, 6.45) is 4.82. The SMILES string of the molecule is CC(C)(CO)n1ccc2c(cnc3c(-c4ccc(F)cc4)cnn32)c1=O. The largest absolute Gasteiger partial charge is 0.394 e. The Bertz CT molecular complexity index is 1180. The summed E-state index contributed by atoms with van der Waals surface area (Å²) in [4.78, 5) is 17.2. The summed E-state index contributed by atoms with van der Waals surface area (Å²) in [5.74, 6) is -0.310. The van der Waals surface area contributed by atoms with Crippen LogP contribution in [0.1, 0.15) is 13.8 Å². The van der Waals surface area contributed by atoms with Gasteiger partial charge in [0.1, 0.15) is 5.82 Å². The van der Waals surface area contributed by atoms with Crippen LogP contribution in [0.5, 0.6) is 0 Å². The van der Waals surface area contributed by atoms with E-state index in [1.54, 1.807) is 49.0 Å². The van der Waals surface area contributed by atoms with Gasteiger partial charge in [-0.3, -0.25) is 4.79 Å². The Morgan fingerprint density at radius 1 is 1.15 bits per heavy atom. The molecule has 132 valence electrons. The van der Waals surface area contributed by atoms with Gasteiger partial charge in [-0.05, 0) is 37.6 Å². The van der Waals surface area contributed by atoms with Crippen LogP contribution in [-0.4, -0.2) is 30.9 Å². The number of hydrogen-bond donors (Lipinski definition) is 1. The third-order valence-corrected chi connectivity index (χ3v) is 4.59. The molecule has 0 aliphatic rings. The van der Waals surface area contributed by atoms with Gasteiger partial charge in [-0.2, -0.15) is 5.10 Å². The Labute approximate surface area is 148 Å². The molecule has 3 aromatic heterocycles. The molecule has 1 N–H and O–H groups in total. The lowest BCUT2D eigenvalue weighted by Crippen LogP contribution is -2.38. The maximum absolute atomic E-state index is 13.2. The van der Waals surface area contributed by atoms with Crippen LogP contribution in [0.2, 0.25) is 0 Å². The first kappa shape index (κ1) is 16.4. The van der Waals surface area contributed by atoms with Crippen LogP contribution in [0, 0.1) is 5.82 Å². The van der Waals surface area contributed by atoms with E-state index in [1.165, 1.54) is 22.9 Å². The molecule has 0 aliphatic carbocycles. The number of aliphatic hydroxyl groups is 1. The van der Waals surface area contributed by atoms with E-state index in [0.717, 1.165) is 11.1 Å². The maximum Gasteiger partial charge on any atom is 0.262 e. The average Bonchev–Trinajstić information content (AvgIpc) is 3.07. The molecule has 4 rings (SSSR count). The predicted molar refractivity (Wildman–Crippen MR) is 96.6 cm³/mol. The third-order valence-electron chi connectivity index (χ3n) is 4.59. The number of aliphatic hydroxyl groups excluding tert-OH is 1. The van der Waals surface area contributed by atoms with E-state index in [4.69, 9.17) is 0 Å². The molecule has 0 aliphatic heterocycles. The summed E-state index contributed by atoms with van der Waals surface area (Å²) in [5.41, 5.74) is 1.80. The van der Waals surface area contributed by atoms with Crippen LogP contribution in [0.15, 0.2) is 53.7 Å². The molecule has 0 saturated heterocycles. The summed E-state index contributed by atoms with van der Waals surface area (Å²) in [6, 6.07) is 7.88. The van der Waals surface area contributed by atoms with Crippen molar-refractivity contribution in [2.75, 3.05) is 6.61 Å². The van der Waals surface area contributed by atoms with Crippen LogP contribution in [0.25, 0.3) is 27.7 Å². The highest BCUT2D eigenvalue weighted by molar-refractivity contribution is 5.85. The minimum atomic E-state index is -0.719. The monoisotopic (exact) mass is 352 g/mol. The topological polar surface area (TPSA) is 72.4 Å². The Morgan fingerprint density at radius 3 is 2.58 bits per heavy atom. The van der Waals surface area contributed by atoms with E-state index in [1.807, 2.05) is 0 Å². The summed E-state index contributed by atoms with van der Waals surface area (Å²) in [7, 11) is 0. The Morgan fingerprint density at radius 2 is 1.88 bits per heavy atom. The molecular weight excluding hydrogens is 335 g/mol. The Kier molecular flexibility index (Phi) is 3.62. The zero-order valence-electron chi connectivity index (χ0n) is 14.3. The van der Waals surface area contributed by atoms with Crippen molar-refractivity contribution in [2.45, 2.75) is 19.4 Å². The summed E-state index contributed by atoms with van der Waals surface area (Å²) < 4.78 is 16.3. The van der Waals surface area contributed by atoms with Crippen molar-refractivity contribution < 1.29 is 9.50 Å². The van der Waals surface area contributed by atoms with Gasteiger partial charge in [-0.25, -0.2) is 13.9 Å². The van der Waals surface area contributed by atoms with Crippen molar-refractivity contribution >= 4 is 16.6 Å². The molecule has 0 radical (unpaired) electrons. The first-order valence-electron chi connectivity index (χ1n) is 8.18. The first-order chi connectivity index (χ1) is 12.4. The fourth-order valence-electron chi connectivity index (χ4n) is 3.00. The summed E-state index contributed by atoms with van der Waals surface area (Å²) >= 11 is 0. The lowest BCUT2D eigenvalue weighted by Gasteiger charge is -2.25. The molecule has 1 aromatic carbocycles. The molecule has 0 bridgehead atoms. The fraction of sp³-hybridized carbons (Fsp3) is 0.211. The number of rotatable bonds is 3. The molecule has 0 atom stereocenters. The number of pyridine rings is 1. The number of nitrogens with zero attached hydrogens (tertiary/aromatic N) is 4. The second-order valence-corrected chi connectivity index (χ2v) is 6.82. The lowest BCUT2D eigenvalue weighted by molar-refractivity contribution is 0.161. The van der Waals surface area contributed by atoms with Crippen molar-refractivity contribution in [3.8, 4) is 11.1 Å². The van der Waals surface area contributed by atoms with Gasteiger partial charge in [-0.1, -0.05) is 12.1 Å². The van der Waals surface area contributed by atoms with Gasteiger partial charge in [0, 0.05) is 18.0 Å². The number of fused-ring (bicyclic) bond motifs is 3. The molecule has 0 saturated carbocycles. The van der Waals surface area contributed by atoms with Gasteiger partial charge in [0.2, 0.25) is 0 Å². The molecule has 7 heteroatoms. The molecular formula is C19H17FN4O2. The van der Waals surface area contributed by atoms with E-state index in [9.17, 15) is 14.3 Å². The predicted octanol–water partition coefficient (Wildman–Crippen LogP) is 2.58. The average molecular weight is 352 g/mol. The first-order valence-corrected chi connectivity index (χ1v) is 8.18. The van der Waals surface area contributed by atoms with Gasteiger partial charge in [0.05, 0.1) is 29.2 Å². The standard InChI is InChI=1S/C19H17FN4O2/c1-19(2,11-25)23-8-7-16-15(18(23)26)9-21-17-14(10-22-24(16)17)12-3-5-13(20)6-4-12/h3-10,25H,11H2,1-2H3. The Hall–Kier alpha value is -3.06. The van der Waals surface area contributed by atoms with Crippen LogP contribution < -0.4 is 5.56 Å². The van der Waals surface area contributed by atoms with E-state index >= 15 is 0 Å². The lowest BCUT2D eigenvalue weighted by atomic mass is 10.1. The van der Waals surface area contributed by atoms with Crippen molar-refractivity contribution in [1.82, 2.24) is 19.2 Å². The number of aromatic nitrogens is 4. The minimum absolute atomic E-state index is 0.162. The molecule has 26 heavy (non-hydrogen) atoms. The molecule has 0 amide bonds. The number of halogens is 1. The fourth-order valence-corrected chi connectivity index (χ4v) is 3.00. The molecule has 0 unspecified atom stereocenters. The van der Waals surface area contributed by atoms with E-state index in [0.29, 0.717) is 16.6 Å². The van der Waals surface area contributed by atoms with Crippen molar-refractivity contribution in [2.24, 2.45) is 0 Å². The quantitative estimate of drug-likeness (QED) is 0.615. The number of benzene rings is 1. The van der Waals surface area contributed by atoms with Crippen LogP contribution in [0.4, 0.5) is 4.39 Å². The van der Waals surface area contributed by atoms with Crippen LogP contribution in [0.3, 0.4) is 0 Å². The molecule has 6 nitrogen and oxygen atoms in total. The zero-order chi connectivity index (χ0) is 18.5. The van der Waals surface area contributed by atoms with Gasteiger partial charge in [0.25, 0.3) is 5.56 Å². The number of hydrogen-bond acceptors (Lipinski definition) is 4. The highest BCUT2D eigenvalue weighted by atomic mass is 19.1. The van der Waals surface area contributed by atoms with Gasteiger partial charge < -0.3 is 9.67 Å². The maximum atomic E-state index is 13.2.